The summed E-state index contributed by atoms with van der Waals surface area (Å²) in [6.45, 7) is 5.90. The van der Waals surface area contributed by atoms with Crippen molar-refractivity contribution in [3.63, 3.8) is 0 Å². The van der Waals surface area contributed by atoms with Gasteiger partial charge in [0.15, 0.2) is 0 Å². The molecule has 0 heterocycles. The van der Waals surface area contributed by atoms with E-state index < -0.39 is 12.7 Å². The average molecular weight is 433 g/mol. The highest BCUT2D eigenvalue weighted by Gasteiger charge is 2.31. The Balaban J connectivity index is 2.11. The van der Waals surface area contributed by atoms with Crippen molar-refractivity contribution in [3.8, 4) is 17.2 Å². The normalized spacial score (nSPS) is 12.6. The number of benzene rings is 2. The van der Waals surface area contributed by atoms with Crippen molar-refractivity contribution >= 4 is 15.9 Å². The zero-order chi connectivity index (χ0) is 19.3. The summed E-state index contributed by atoms with van der Waals surface area (Å²) in [6.07, 6.45) is -3.91. The topological polar surface area (TPSA) is 27.7 Å². The van der Waals surface area contributed by atoms with E-state index in [-0.39, 0.29) is 5.75 Å². The molecular formula is C19H20BrF3O3. The van der Waals surface area contributed by atoms with E-state index in [1.807, 2.05) is 32.9 Å². The highest BCUT2D eigenvalue weighted by Crippen LogP contribution is 2.31. The lowest BCUT2D eigenvalue weighted by Crippen LogP contribution is -2.24. The summed E-state index contributed by atoms with van der Waals surface area (Å²) in [5, 5.41) is 0. The first-order valence-electron chi connectivity index (χ1n) is 8.20. The van der Waals surface area contributed by atoms with Gasteiger partial charge in [-0.2, -0.15) is 0 Å². The van der Waals surface area contributed by atoms with Crippen molar-refractivity contribution in [2.75, 3.05) is 0 Å². The minimum absolute atomic E-state index is 0.296. The van der Waals surface area contributed by atoms with E-state index in [1.54, 1.807) is 0 Å². The molecule has 0 spiro atoms. The monoisotopic (exact) mass is 432 g/mol. The van der Waals surface area contributed by atoms with Crippen LogP contribution in [0.15, 0.2) is 40.9 Å². The number of hydrogen-bond acceptors (Lipinski definition) is 3. The second-order valence-corrected chi connectivity index (χ2v) is 6.57. The van der Waals surface area contributed by atoms with E-state index in [0.29, 0.717) is 12.2 Å². The van der Waals surface area contributed by atoms with Crippen molar-refractivity contribution in [1.82, 2.24) is 0 Å². The minimum atomic E-state index is -4.72. The van der Waals surface area contributed by atoms with Gasteiger partial charge in [-0.1, -0.05) is 29.8 Å². The Morgan fingerprint density at radius 2 is 1.62 bits per heavy atom. The quantitative estimate of drug-likeness (QED) is 0.472. The Morgan fingerprint density at radius 3 is 2.15 bits per heavy atom. The smallest absolute Gasteiger partial charge is 0.455 e. The Bertz CT molecular complexity index is 730. The van der Waals surface area contributed by atoms with Crippen molar-refractivity contribution < 1.29 is 27.4 Å². The van der Waals surface area contributed by atoms with Crippen LogP contribution in [-0.4, -0.2) is 12.7 Å². The lowest BCUT2D eigenvalue weighted by atomic mass is 10.1. The summed E-state index contributed by atoms with van der Waals surface area (Å²) in [5.74, 6) is 0.870. The summed E-state index contributed by atoms with van der Waals surface area (Å²) in [5.41, 5.74) is 2.03. The molecule has 0 saturated heterocycles. The molecule has 0 amide bonds. The molecule has 26 heavy (non-hydrogen) atoms. The molecule has 7 heteroatoms. The Labute approximate surface area is 159 Å². The fraction of sp³-hybridized carbons (Fsp3) is 0.368. The molecule has 0 aliphatic carbocycles. The van der Waals surface area contributed by atoms with Gasteiger partial charge in [0.2, 0.25) is 6.29 Å². The molecule has 0 aliphatic rings. The predicted octanol–water partition coefficient (Wildman–Crippen LogP) is 6.41. The predicted molar refractivity (Wildman–Crippen MR) is 96.7 cm³/mol. The highest BCUT2D eigenvalue weighted by molar-refractivity contribution is 9.10. The van der Waals surface area contributed by atoms with Gasteiger partial charge < -0.3 is 14.2 Å². The first-order valence-corrected chi connectivity index (χ1v) is 8.99. The Kier molecular flexibility index (Phi) is 6.81. The molecule has 2 aromatic carbocycles. The van der Waals surface area contributed by atoms with E-state index in [0.717, 1.165) is 27.8 Å². The van der Waals surface area contributed by atoms with E-state index in [1.165, 1.54) is 24.3 Å². The lowest BCUT2D eigenvalue weighted by Gasteiger charge is -2.22. The fourth-order valence-electron chi connectivity index (χ4n) is 2.42. The number of alkyl halides is 3. The summed E-state index contributed by atoms with van der Waals surface area (Å²) < 4.78 is 53.3. The van der Waals surface area contributed by atoms with E-state index in [2.05, 4.69) is 20.7 Å². The van der Waals surface area contributed by atoms with Gasteiger partial charge in [-0.3, -0.25) is 0 Å². The highest BCUT2D eigenvalue weighted by atomic mass is 79.9. The van der Waals surface area contributed by atoms with Crippen LogP contribution in [0.3, 0.4) is 0 Å². The van der Waals surface area contributed by atoms with Crippen molar-refractivity contribution in [3.05, 3.63) is 52.0 Å². The Hall–Kier alpha value is -1.89. The van der Waals surface area contributed by atoms with Crippen LogP contribution in [0.5, 0.6) is 17.2 Å². The average Bonchev–Trinajstić information content (AvgIpc) is 2.56. The number of rotatable bonds is 7. The van der Waals surface area contributed by atoms with Crippen molar-refractivity contribution in [1.29, 1.82) is 0 Å². The summed E-state index contributed by atoms with van der Waals surface area (Å²) in [4.78, 5) is 0. The molecule has 0 fully saturated rings. The third-order valence-corrected chi connectivity index (χ3v) is 4.06. The molecule has 2 rings (SSSR count). The van der Waals surface area contributed by atoms with E-state index in [9.17, 15) is 13.2 Å². The molecule has 142 valence electrons. The number of ether oxygens (including phenoxy) is 3. The van der Waals surface area contributed by atoms with Gasteiger partial charge in [0.25, 0.3) is 0 Å². The van der Waals surface area contributed by atoms with E-state index in [4.69, 9.17) is 9.47 Å². The van der Waals surface area contributed by atoms with Gasteiger partial charge in [-0.15, -0.1) is 13.2 Å². The van der Waals surface area contributed by atoms with Gasteiger partial charge in [-0.25, -0.2) is 0 Å². The van der Waals surface area contributed by atoms with Crippen molar-refractivity contribution in [2.24, 2.45) is 0 Å². The third-order valence-electron chi connectivity index (χ3n) is 3.60. The molecule has 3 nitrogen and oxygen atoms in total. The van der Waals surface area contributed by atoms with Gasteiger partial charge in [0.05, 0.1) is 0 Å². The molecule has 0 saturated carbocycles. The maximum Gasteiger partial charge on any atom is 0.573 e. The lowest BCUT2D eigenvalue weighted by molar-refractivity contribution is -0.274. The van der Waals surface area contributed by atoms with Crippen LogP contribution in [-0.2, 0) is 6.42 Å². The van der Waals surface area contributed by atoms with Gasteiger partial charge in [0.1, 0.15) is 17.2 Å². The standard InChI is InChI=1S/C19H20BrF3O3/c1-4-13-11-14(20)10-12(3)18(13)25-17(5-2)24-15-6-8-16(9-7-15)26-19(21,22)23/h6-11,17H,4-5H2,1-3H3. The van der Waals surface area contributed by atoms with Crippen LogP contribution in [0.2, 0.25) is 0 Å². The van der Waals surface area contributed by atoms with Gasteiger partial charge in [0, 0.05) is 10.9 Å². The largest absolute Gasteiger partial charge is 0.573 e. The zero-order valence-electron chi connectivity index (χ0n) is 14.7. The molecule has 1 unspecified atom stereocenters. The Morgan fingerprint density at radius 1 is 1.00 bits per heavy atom. The molecule has 2 aromatic rings. The zero-order valence-corrected chi connectivity index (χ0v) is 16.3. The number of halogens is 4. The first kappa shape index (κ1) is 20.4. The van der Waals surface area contributed by atoms with Crippen molar-refractivity contribution in [2.45, 2.75) is 46.3 Å². The maximum absolute atomic E-state index is 12.2. The van der Waals surface area contributed by atoms with Gasteiger partial charge >= 0.3 is 6.36 Å². The molecule has 0 N–H and O–H groups in total. The number of aryl methyl sites for hydroxylation is 2. The second kappa shape index (κ2) is 8.66. The van der Waals surface area contributed by atoms with Crippen LogP contribution >= 0.6 is 15.9 Å². The minimum Gasteiger partial charge on any atom is -0.455 e. The second-order valence-electron chi connectivity index (χ2n) is 5.66. The molecule has 1 atom stereocenters. The van der Waals surface area contributed by atoms with Crippen LogP contribution < -0.4 is 14.2 Å². The molecule has 0 bridgehead atoms. The van der Waals surface area contributed by atoms with Crippen LogP contribution in [0.25, 0.3) is 0 Å². The fourth-order valence-corrected chi connectivity index (χ4v) is 3.04. The summed E-state index contributed by atoms with van der Waals surface area (Å²) in [6, 6.07) is 9.21. The first-order chi connectivity index (χ1) is 12.2. The molecular weight excluding hydrogens is 413 g/mol. The van der Waals surface area contributed by atoms with E-state index >= 15 is 0 Å². The SMILES string of the molecule is CCc1cc(Br)cc(C)c1OC(CC)Oc1ccc(OC(F)(F)F)cc1. The summed E-state index contributed by atoms with van der Waals surface area (Å²) >= 11 is 3.47. The third kappa shape index (κ3) is 5.83. The summed E-state index contributed by atoms with van der Waals surface area (Å²) in [7, 11) is 0. The van der Waals surface area contributed by atoms with Crippen LogP contribution in [0.4, 0.5) is 13.2 Å². The maximum atomic E-state index is 12.2. The molecule has 0 aromatic heterocycles. The molecule has 0 radical (unpaired) electrons. The van der Waals surface area contributed by atoms with Gasteiger partial charge in [-0.05, 0) is 60.9 Å². The number of hydrogen-bond donors (Lipinski definition) is 0. The van der Waals surface area contributed by atoms with Crippen LogP contribution in [0, 0.1) is 6.92 Å². The molecule has 0 aliphatic heterocycles. The van der Waals surface area contributed by atoms with Crippen LogP contribution in [0.1, 0.15) is 31.4 Å².